The minimum Gasteiger partial charge on any atom is -0.371 e. The van der Waals surface area contributed by atoms with Crippen molar-refractivity contribution in [2.45, 2.75) is 19.8 Å². The molecule has 1 fully saturated rings. The lowest BCUT2D eigenvalue weighted by Gasteiger charge is -2.18. The highest BCUT2D eigenvalue weighted by Gasteiger charge is 2.12. The highest BCUT2D eigenvalue weighted by atomic mass is 79.9. The van der Waals surface area contributed by atoms with Crippen molar-refractivity contribution in [2.24, 2.45) is 0 Å². The molecule has 1 aliphatic rings. The molecule has 0 bridgehead atoms. The van der Waals surface area contributed by atoms with E-state index < -0.39 is 0 Å². The van der Waals surface area contributed by atoms with Crippen LogP contribution in [0, 0.1) is 6.92 Å². The van der Waals surface area contributed by atoms with Crippen molar-refractivity contribution in [2.75, 3.05) is 18.0 Å². The van der Waals surface area contributed by atoms with Gasteiger partial charge >= 0.3 is 0 Å². The van der Waals surface area contributed by atoms with Crippen LogP contribution < -0.4 is 4.90 Å². The normalized spacial score (nSPS) is 16.6. The predicted molar refractivity (Wildman–Crippen MR) is 60.3 cm³/mol. The molecule has 1 nitrogen and oxygen atoms in total. The summed E-state index contributed by atoms with van der Waals surface area (Å²) in [5.74, 6) is 0. The summed E-state index contributed by atoms with van der Waals surface area (Å²) in [5.41, 5.74) is 2.70. The second-order valence-corrected chi connectivity index (χ2v) is 4.60. The molecule has 1 aromatic rings. The van der Waals surface area contributed by atoms with Crippen molar-refractivity contribution in [3.63, 3.8) is 0 Å². The maximum Gasteiger partial charge on any atom is 0.0380 e. The van der Waals surface area contributed by atoms with Gasteiger partial charge in [0.25, 0.3) is 0 Å². The summed E-state index contributed by atoms with van der Waals surface area (Å²) in [4.78, 5) is 2.46. The van der Waals surface area contributed by atoms with E-state index in [1.54, 1.807) is 0 Å². The summed E-state index contributed by atoms with van der Waals surface area (Å²) < 4.78 is 1.19. The monoisotopic (exact) mass is 239 g/mol. The molecule has 0 atom stereocenters. The molecule has 13 heavy (non-hydrogen) atoms. The fourth-order valence-electron chi connectivity index (χ4n) is 1.87. The van der Waals surface area contributed by atoms with E-state index >= 15 is 0 Å². The third kappa shape index (κ3) is 2.05. The molecule has 0 spiro atoms. The van der Waals surface area contributed by atoms with Crippen molar-refractivity contribution in [3.05, 3.63) is 28.2 Å². The molecule has 2 rings (SSSR count). The summed E-state index contributed by atoms with van der Waals surface area (Å²) in [6.07, 6.45) is 2.68. The molecule has 2 heteroatoms. The van der Waals surface area contributed by atoms with Crippen molar-refractivity contribution < 1.29 is 0 Å². The molecule has 0 radical (unpaired) electrons. The van der Waals surface area contributed by atoms with Gasteiger partial charge in [-0.1, -0.05) is 15.9 Å². The van der Waals surface area contributed by atoms with Gasteiger partial charge in [-0.3, -0.25) is 0 Å². The molecule has 0 amide bonds. The fraction of sp³-hybridized carbons (Fsp3) is 0.455. The maximum atomic E-state index is 3.53. The Kier molecular flexibility index (Phi) is 2.58. The molecule has 1 aliphatic heterocycles. The van der Waals surface area contributed by atoms with Gasteiger partial charge in [-0.2, -0.15) is 0 Å². The van der Waals surface area contributed by atoms with E-state index in [1.165, 1.54) is 41.7 Å². The lowest BCUT2D eigenvalue weighted by atomic mass is 10.2. The largest absolute Gasteiger partial charge is 0.371 e. The quantitative estimate of drug-likeness (QED) is 0.727. The van der Waals surface area contributed by atoms with Crippen molar-refractivity contribution in [1.82, 2.24) is 0 Å². The lowest BCUT2D eigenvalue weighted by Crippen LogP contribution is -2.17. The van der Waals surface area contributed by atoms with Crippen molar-refractivity contribution in [1.29, 1.82) is 0 Å². The van der Waals surface area contributed by atoms with Crippen LogP contribution in [0.15, 0.2) is 22.7 Å². The molecular weight excluding hydrogens is 226 g/mol. The topological polar surface area (TPSA) is 3.24 Å². The van der Waals surface area contributed by atoms with Crippen LogP contribution in [0.1, 0.15) is 18.4 Å². The van der Waals surface area contributed by atoms with Crippen LogP contribution in [0.4, 0.5) is 5.69 Å². The van der Waals surface area contributed by atoms with Gasteiger partial charge < -0.3 is 4.90 Å². The molecular formula is C11H14BrN. The van der Waals surface area contributed by atoms with Gasteiger partial charge in [0.1, 0.15) is 0 Å². The zero-order valence-electron chi connectivity index (χ0n) is 7.89. The van der Waals surface area contributed by atoms with E-state index in [0.29, 0.717) is 0 Å². The highest BCUT2D eigenvalue weighted by Crippen LogP contribution is 2.25. The second kappa shape index (κ2) is 3.70. The molecule has 70 valence electrons. The molecule has 0 saturated carbocycles. The van der Waals surface area contributed by atoms with Gasteiger partial charge in [-0.05, 0) is 43.5 Å². The van der Waals surface area contributed by atoms with Crippen LogP contribution in [-0.4, -0.2) is 13.1 Å². The Morgan fingerprint density at radius 2 is 1.85 bits per heavy atom. The third-order valence-electron chi connectivity index (χ3n) is 2.50. The number of benzene rings is 1. The summed E-state index contributed by atoms with van der Waals surface area (Å²) in [5, 5.41) is 0. The number of hydrogen-bond acceptors (Lipinski definition) is 1. The standard InChI is InChI=1S/C11H14BrN/c1-9-6-10(12)8-11(7-9)13-4-2-3-5-13/h6-8H,2-5H2,1H3. The zero-order chi connectivity index (χ0) is 9.26. The number of nitrogens with zero attached hydrogens (tertiary/aromatic N) is 1. The third-order valence-corrected chi connectivity index (χ3v) is 2.96. The van der Waals surface area contributed by atoms with Gasteiger partial charge in [0.2, 0.25) is 0 Å². The van der Waals surface area contributed by atoms with Crippen LogP contribution >= 0.6 is 15.9 Å². The Bertz CT molecular complexity index is 283. The van der Waals surface area contributed by atoms with E-state index in [4.69, 9.17) is 0 Å². The molecule has 1 saturated heterocycles. The Morgan fingerprint density at radius 3 is 2.46 bits per heavy atom. The second-order valence-electron chi connectivity index (χ2n) is 3.68. The maximum absolute atomic E-state index is 3.53. The van der Waals surface area contributed by atoms with Crippen molar-refractivity contribution >= 4 is 21.6 Å². The van der Waals surface area contributed by atoms with Crippen LogP contribution in [-0.2, 0) is 0 Å². The van der Waals surface area contributed by atoms with Gasteiger partial charge in [-0.25, -0.2) is 0 Å². The van der Waals surface area contributed by atoms with Crippen LogP contribution in [0.25, 0.3) is 0 Å². The van der Waals surface area contributed by atoms with Gasteiger partial charge in [0.15, 0.2) is 0 Å². The smallest absolute Gasteiger partial charge is 0.0380 e. The first-order valence-corrected chi connectivity index (χ1v) is 5.57. The Balaban J connectivity index is 2.28. The van der Waals surface area contributed by atoms with Crippen molar-refractivity contribution in [3.8, 4) is 0 Å². The Morgan fingerprint density at radius 1 is 1.15 bits per heavy atom. The van der Waals surface area contributed by atoms with Gasteiger partial charge in [0, 0.05) is 23.2 Å². The minimum atomic E-state index is 1.19. The molecule has 0 aromatic heterocycles. The predicted octanol–water partition coefficient (Wildman–Crippen LogP) is 3.36. The number of halogens is 1. The molecule has 1 aromatic carbocycles. The van der Waals surface area contributed by atoms with Gasteiger partial charge in [0.05, 0.1) is 0 Å². The highest BCUT2D eigenvalue weighted by molar-refractivity contribution is 9.10. The van der Waals surface area contributed by atoms with E-state index in [1.807, 2.05) is 0 Å². The SMILES string of the molecule is Cc1cc(Br)cc(N2CCCC2)c1. The first kappa shape index (κ1) is 9.07. The molecule has 1 heterocycles. The number of hydrogen-bond donors (Lipinski definition) is 0. The van der Waals surface area contributed by atoms with E-state index in [9.17, 15) is 0 Å². The van der Waals surface area contributed by atoms with E-state index in [2.05, 4.69) is 46.0 Å². The minimum absolute atomic E-state index is 1.19. The average Bonchev–Trinajstić information content (AvgIpc) is 2.53. The molecule has 0 N–H and O–H groups in total. The van der Waals surface area contributed by atoms with E-state index in [-0.39, 0.29) is 0 Å². The fourth-order valence-corrected chi connectivity index (χ4v) is 2.47. The average molecular weight is 240 g/mol. The van der Waals surface area contributed by atoms with Gasteiger partial charge in [-0.15, -0.1) is 0 Å². The van der Waals surface area contributed by atoms with Crippen LogP contribution in [0.2, 0.25) is 0 Å². The lowest BCUT2D eigenvalue weighted by molar-refractivity contribution is 0.949. The zero-order valence-corrected chi connectivity index (χ0v) is 9.47. The summed E-state index contributed by atoms with van der Waals surface area (Å²) in [7, 11) is 0. The number of aryl methyl sites for hydroxylation is 1. The first-order chi connectivity index (χ1) is 6.25. The molecule has 0 aliphatic carbocycles. The summed E-state index contributed by atoms with van der Waals surface area (Å²) in [6.45, 7) is 4.58. The first-order valence-electron chi connectivity index (χ1n) is 4.78. The number of anilines is 1. The summed E-state index contributed by atoms with van der Waals surface area (Å²) in [6, 6.07) is 6.62. The Hall–Kier alpha value is -0.500. The summed E-state index contributed by atoms with van der Waals surface area (Å²) >= 11 is 3.53. The van der Waals surface area contributed by atoms with Crippen LogP contribution in [0.5, 0.6) is 0 Å². The Labute approximate surface area is 87.9 Å². The number of rotatable bonds is 1. The van der Waals surface area contributed by atoms with Crippen LogP contribution in [0.3, 0.4) is 0 Å². The van der Waals surface area contributed by atoms with E-state index in [0.717, 1.165) is 0 Å². The molecule has 0 unspecified atom stereocenters.